The second-order valence-corrected chi connectivity index (χ2v) is 3.97. The van der Waals surface area contributed by atoms with Gasteiger partial charge in [0.25, 0.3) is 0 Å². The van der Waals surface area contributed by atoms with Gasteiger partial charge in [0, 0.05) is 20.0 Å². The summed E-state index contributed by atoms with van der Waals surface area (Å²) >= 11 is 0. The molecule has 1 aliphatic rings. The normalized spacial score (nSPS) is 18.7. The van der Waals surface area contributed by atoms with Crippen LogP contribution < -0.4 is 5.32 Å². The Labute approximate surface area is 100 Å². The van der Waals surface area contributed by atoms with Crippen molar-refractivity contribution in [2.75, 3.05) is 20.2 Å². The van der Waals surface area contributed by atoms with Gasteiger partial charge in [-0.05, 0) is 13.3 Å². The number of likely N-dealkylation sites (N-methyl/N-ethyl adjacent to an activating group) is 1. The monoisotopic (exact) mass is 242 g/mol. The van der Waals surface area contributed by atoms with Gasteiger partial charge in [0.1, 0.15) is 6.04 Å². The Hall–Kier alpha value is -1.59. The molecule has 0 radical (unpaired) electrons. The summed E-state index contributed by atoms with van der Waals surface area (Å²) in [4.78, 5) is 35.4. The highest BCUT2D eigenvalue weighted by Crippen LogP contribution is 2.09. The minimum Gasteiger partial charge on any atom is -0.466 e. The van der Waals surface area contributed by atoms with E-state index in [4.69, 9.17) is 4.74 Å². The number of rotatable bonds is 5. The second-order valence-electron chi connectivity index (χ2n) is 3.97. The molecule has 0 bridgehead atoms. The van der Waals surface area contributed by atoms with Crippen LogP contribution in [-0.2, 0) is 19.1 Å². The van der Waals surface area contributed by atoms with Crippen LogP contribution in [0.25, 0.3) is 0 Å². The van der Waals surface area contributed by atoms with E-state index in [1.807, 2.05) is 0 Å². The maximum atomic E-state index is 11.8. The van der Waals surface area contributed by atoms with E-state index in [2.05, 4.69) is 5.32 Å². The number of esters is 1. The zero-order chi connectivity index (χ0) is 12.8. The lowest BCUT2D eigenvalue weighted by molar-refractivity contribution is -0.144. The number of hydrogen-bond acceptors (Lipinski definition) is 4. The van der Waals surface area contributed by atoms with E-state index < -0.39 is 6.04 Å². The minimum absolute atomic E-state index is 0.0952. The van der Waals surface area contributed by atoms with Crippen LogP contribution in [0.4, 0.5) is 0 Å². The fraction of sp³-hybridized carbons (Fsp3) is 0.727. The van der Waals surface area contributed by atoms with Crippen LogP contribution in [0.3, 0.4) is 0 Å². The highest BCUT2D eigenvalue weighted by molar-refractivity contribution is 5.90. The third kappa shape index (κ3) is 4.05. The Kier molecular flexibility index (Phi) is 4.93. The standard InChI is InChI=1S/C11H18N2O4/c1-3-17-10(15)6-7-13(2)11(16)8-4-5-9(14)12-8/h8H,3-7H2,1-2H3,(H,12,14). The van der Waals surface area contributed by atoms with Gasteiger partial charge in [-0.25, -0.2) is 0 Å². The first kappa shape index (κ1) is 13.5. The van der Waals surface area contributed by atoms with Crippen LogP contribution in [0, 0.1) is 0 Å². The summed E-state index contributed by atoms with van der Waals surface area (Å²) in [6, 6.07) is -0.435. The van der Waals surface area contributed by atoms with E-state index in [1.165, 1.54) is 4.90 Å². The first-order valence-electron chi connectivity index (χ1n) is 5.74. The number of hydrogen-bond donors (Lipinski definition) is 1. The van der Waals surface area contributed by atoms with E-state index in [0.717, 1.165) is 0 Å². The van der Waals surface area contributed by atoms with Gasteiger partial charge < -0.3 is 15.0 Å². The molecule has 1 unspecified atom stereocenters. The van der Waals surface area contributed by atoms with Gasteiger partial charge in [0.05, 0.1) is 13.0 Å². The molecule has 1 rings (SSSR count). The van der Waals surface area contributed by atoms with Crippen molar-refractivity contribution >= 4 is 17.8 Å². The van der Waals surface area contributed by atoms with Gasteiger partial charge >= 0.3 is 5.97 Å². The van der Waals surface area contributed by atoms with Crippen molar-refractivity contribution in [3.63, 3.8) is 0 Å². The molecule has 0 spiro atoms. The molecule has 0 aliphatic carbocycles. The average Bonchev–Trinajstić information content (AvgIpc) is 2.72. The Morgan fingerprint density at radius 2 is 2.24 bits per heavy atom. The zero-order valence-electron chi connectivity index (χ0n) is 10.2. The molecule has 0 aromatic rings. The molecule has 1 atom stereocenters. The molecule has 96 valence electrons. The van der Waals surface area contributed by atoms with Crippen LogP contribution in [0.2, 0.25) is 0 Å². The third-order valence-corrected chi connectivity index (χ3v) is 2.63. The van der Waals surface area contributed by atoms with Crippen molar-refractivity contribution in [2.24, 2.45) is 0 Å². The summed E-state index contributed by atoms with van der Waals surface area (Å²) in [6.45, 7) is 2.39. The molecule has 6 heteroatoms. The molecule has 1 aliphatic heterocycles. The van der Waals surface area contributed by atoms with E-state index >= 15 is 0 Å². The van der Waals surface area contributed by atoms with Crippen LogP contribution in [0.5, 0.6) is 0 Å². The summed E-state index contributed by atoms with van der Waals surface area (Å²) in [5, 5.41) is 2.60. The lowest BCUT2D eigenvalue weighted by Crippen LogP contribution is -2.43. The van der Waals surface area contributed by atoms with Crippen molar-refractivity contribution in [2.45, 2.75) is 32.2 Å². The van der Waals surface area contributed by atoms with Gasteiger partial charge in [0.15, 0.2) is 0 Å². The van der Waals surface area contributed by atoms with Gasteiger partial charge in [-0.2, -0.15) is 0 Å². The van der Waals surface area contributed by atoms with E-state index in [-0.39, 0.29) is 24.2 Å². The summed E-state index contributed by atoms with van der Waals surface area (Å²) in [6.07, 6.45) is 1.10. The maximum absolute atomic E-state index is 11.8. The van der Waals surface area contributed by atoms with Crippen LogP contribution in [-0.4, -0.2) is 48.9 Å². The molecule has 1 N–H and O–H groups in total. The SMILES string of the molecule is CCOC(=O)CCN(C)C(=O)C1CCC(=O)N1. The summed E-state index contributed by atoms with van der Waals surface area (Å²) in [5.74, 6) is -0.565. The lowest BCUT2D eigenvalue weighted by atomic mass is 10.2. The van der Waals surface area contributed by atoms with Gasteiger partial charge in [-0.1, -0.05) is 0 Å². The van der Waals surface area contributed by atoms with Crippen molar-refractivity contribution in [3.05, 3.63) is 0 Å². The predicted octanol–water partition coefficient (Wildman–Crippen LogP) is -0.323. The van der Waals surface area contributed by atoms with Crippen LogP contribution >= 0.6 is 0 Å². The molecular weight excluding hydrogens is 224 g/mol. The fourth-order valence-electron chi connectivity index (χ4n) is 1.67. The second kappa shape index (κ2) is 6.22. The van der Waals surface area contributed by atoms with Crippen LogP contribution in [0.15, 0.2) is 0 Å². The molecule has 1 fully saturated rings. The maximum Gasteiger partial charge on any atom is 0.307 e. The highest BCUT2D eigenvalue weighted by atomic mass is 16.5. The smallest absolute Gasteiger partial charge is 0.307 e. The van der Waals surface area contributed by atoms with E-state index in [0.29, 0.717) is 26.0 Å². The van der Waals surface area contributed by atoms with Crippen molar-refractivity contribution in [3.8, 4) is 0 Å². The number of amides is 2. The molecule has 2 amide bonds. The van der Waals surface area contributed by atoms with Gasteiger partial charge in [-0.15, -0.1) is 0 Å². The highest BCUT2D eigenvalue weighted by Gasteiger charge is 2.29. The summed E-state index contributed by atoms with van der Waals surface area (Å²) in [7, 11) is 1.62. The predicted molar refractivity (Wildman–Crippen MR) is 60.1 cm³/mol. The molecule has 0 saturated carbocycles. The lowest BCUT2D eigenvalue weighted by Gasteiger charge is -2.20. The Balaban J connectivity index is 2.32. The molecule has 1 saturated heterocycles. The Morgan fingerprint density at radius 1 is 1.53 bits per heavy atom. The largest absolute Gasteiger partial charge is 0.466 e. The summed E-state index contributed by atoms with van der Waals surface area (Å²) < 4.78 is 4.77. The number of nitrogens with zero attached hydrogens (tertiary/aromatic N) is 1. The van der Waals surface area contributed by atoms with Crippen molar-refractivity contribution < 1.29 is 19.1 Å². The molecule has 17 heavy (non-hydrogen) atoms. The number of ether oxygens (including phenoxy) is 1. The topological polar surface area (TPSA) is 75.7 Å². The van der Waals surface area contributed by atoms with Crippen molar-refractivity contribution in [1.82, 2.24) is 10.2 Å². The molecule has 6 nitrogen and oxygen atoms in total. The average molecular weight is 242 g/mol. The quantitative estimate of drug-likeness (QED) is 0.670. The number of nitrogens with one attached hydrogen (secondary N) is 1. The molecule has 0 aromatic carbocycles. The van der Waals surface area contributed by atoms with Crippen molar-refractivity contribution in [1.29, 1.82) is 0 Å². The van der Waals surface area contributed by atoms with E-state index in [1.54, 1.807) is 14.0 Å². The minimum atomic E-state index is -0.435. The Bertz CT molecular complexity index is 317. The number of carbonyl (C=O) groups is 3. The van der Waals surface area contributed by atoms with E-state index in [9.17, 15) is 14.4 Å². The first-order valence-corrected chi connectivity index (χ1v) is 5.74. The third-order valence-electron chi connectivity index (χ3n) is 2.63. The molecule has 1 heterocycles. The van der Waals surface area contributed by atoms with Crippen LogP contribution in [0.1, 0.15) is 26.2 Å². The first-order chi connectivity index (χ1) is 8.04. The van der Waals surface area contributed by atoms with Gasteiger partial charge in [0.2, 0.25) is 11.8 Å². The molecular formula is C11H18N2O4. The Morgan fingerprint density at radius 3 is 2.76 bits per heavy atom. The number of carbonyl (C=O) groups excluding carboxylic acids is 3. The fourth-order valence-corrected chi connectivity index (χ4v) is 1.67. The molecule has 0 aromatic heterocycles. The summed E-state index contributed by atoms with van der Waals surface area (Å²) in [5.41, 5.74) is 0. The zero-order valence-corrected chi connectivity index (χ0v) is 10.2. The van der Waals surface area contributed by atoms with Gasteiger partial charge in [-0.3, -0.25) is 14.4 Å².